The van der Waals surface area contributed by atoms with Crippen LogP contribution in [-0.4, -0.2) is 34.9 Å². The van der Waals surface area contributed by atoms with Gasteiger partial charge in [-0.05, 0) is 18.4 Å². The second kappa shape index (κ2) is 5.14. The van der Waals surface area contributed by atoms with Gasteiger partial charge in [0, 0.05) is 25.2 Å². The zero-order valence-corrected chi connectivity index (χ0v) is 9.91. The number of carbonyl (C=O) groups is 1. The normalized spacial score (nSPS) is 19.3. The number of nitrogens with zero attached hydrogens (tertiary/aromatic N) is 2. The third kappa shape index (κ3) is 2.65. The maximum Gasteiger partial charge on any atom is 0.269 e. The van der Waals surface area contributed by atoms with Crippen LogP contribution in [0, 0.1) is 10.1 Å². The van der Waals surface area contributed by atoms with Gasteiger partial charge in [0.05, 0.1) is 11.0 Å². The molecule has 1 fully saturated rings. The second-order valence-corrected chi connectivity index (χ2v) is 4.39. The van der Waals surface area contributed by atoms with Crippen molar-refractivity contribution in [3.05, 3.63) is 39.9 Å². The Balaban J connectivity index is 1.91. The lowest BCUT2D eigenvalue weighted by molar-refractivity contribution is -0.384. The summed E-state index contributed by atoms with van der Waals surface area (Å²) in [6.45, 7) is 1.32. The highest BCUT2D eigenvalue weighted by Crippen LogP contribution is 2.14. The van der Waals surface area contributed by atoms with Crippen molar-refractivity contribution in [1.82, 2.24) is 4.90 Å². The molecule has 0 bridgehead atoms. The highest BCUT2D eigenvalue weighted by Gasteiger charge is 2.27. The summed E-state index contributed by atoms with van der Waals surface area (Å²) in [7, 11) is 0. The van der Waals surface area contributed by atoms with Gasteiger partial charge in [-0.25, -0.2) is 0 Å². The maximum atomic E-state index is 11.6. The van der Waals surface area contributed by atoms with E-state index in [2.05, 4.69) is 0 Å². The van der Waals surface area contributed by atoms with Crippen molar-refractivity contribution in [3.63, 3.8) is 0 Å². The van der Waals surface area contributed by atoms with Gasteiger partial charge in [-0.2, -0.15) is 0 Å². The molecule has 1 aliphatic rings. The largest absolute Gasteiger partial charge is 0.341 e. The average Bonchev–Trinajstić information content (AvgIpc) is 2.68. The fourth-order valence-electron chi connectivity index (χ4n) is 2.03. The van der Waals surface area contributed by atoms with E-state index >= 15 is 0 Å². The Hall–Kier alpha value is -1.95. The van der Waals surface area contributed by atoms with Gasteiger partial charge in [-0.15, -0.1) is 0 Å². The molecule has 0 spiro atoms. The van der Waals surface area contributed by atoms with E-state index in [1.165, 1.54) is 12.1 Å². The Labute approximate surface area is 105 Å². The molecular formula is C12H15N3O3. The molecule has 0 radical (unpaired) electrons. The van der Waals surface area contributed by atoms with E-state index in [9.17, 15) is 14.9 Å². The van der Waals surface area contributed by atoms with Crippen molar-refractivity contribution < 1.29 is 9.72 Å². The fourth-order valence-corrected chi connectivity index (χ4v) is 2.03. The third-order valence-corrected chi connectivity index (χ3v) is 3.16. The second-order valence-electron chi connectivity index (χ2n) is 4.39. The first kappa shape index (κ1) is 12.5. The van der Waals surface area contributed by atoms with Gasteiger partial charge < -0.3 is 10.6 Å². The molecule has 6 heteroatoms. The average molecular weight is 249 g/mol. The summed E-state index contributed by atoms with van der Waals surface area (Å²) in [6.07, 6.45) is 1.40. The summed E-state index contributed by atoms with van der Waals surface area (Å²) in [5, 5.41) is 10.5. The quantitative estimate of drug-likeness (QED) is 0.628. The van der Waals surface area contributed by atoms with E-state index in [1.807, 2.05) is 0 Å². The minimum Gasteiger partial charge on any atom is -0.341 e. The number of non-ortho nitro benzene ring substituents is 1. The molecule has 0 saturated carbocycles. The van der Waals surface area contributed by atoms with Crippen LogP contribution in [0.15, 0.2) is 24.3 Å². The van der Waals surface area contributed by atoms with Gasteiger partial charge in [-0.3, -0.25) is 14.9 Å². The van der Waals surface area contributed by atoms with Crippen LogP contribution in [-0.2, 0) is 11.2 Å². The predicted molar refractivity (Wildman–Crippen MR) is 66.0 cm³/mol. The number of carbonyl (C=O) groups excluding carboxylic acids is 1. The number of rotatable bonds is 4. The maximum absolute atomic E-state index is 11.6. The molecule has 96 valence electrons. The number of nitro groups is 1. The van der Waals surface area contributed by atoms with Gasteiger partial charge in [0.15, 0.2) is 0 Å². The molecule has 1 amide bonds. The summed E-state index contributed by atoms with van der Waals surface area (Å²) < 4.78 is 0. The third-order valence-electron chi connectivity index (χ3n) is 3.16. The Kier molecular flexibility index (Phi) is 3.57. The van der Waals surface area contributed by atoms with Gasteiger partial charge in [0.1, 0.15) is 0 Å². The number of likely N-dealkylation sites (tertiary alicyclic amines) is 1. The molecule has 1 atom stereocenters. The SMILES string of the molecule is N[C@H]1CCN(CCc2ccc([N+](=O)[O-])cc2)C1=O. The van der Waals surface area contributed by atoms with Crippen LogP contribution in [0.2, 0.25) is 0 Å². The lowest BCUT2D eigenvalue weighted by Gasteiger charge is -2.15. The molecule has 18 heavy (non-hydrogen) atoms. The van der Waals surface area contributed by atoms with Gasteiger partial charge in [0.2, 0.25) is 5.91 Å². The molecule has 2 rings (SSSR count). The molecule has 0 aromatic heterocycles. The lowest BCUT2D eigenvalue weighted by Crippen LogP contribution is -2.35. The summed E-state index contributed by atoms with van der Waals surface area (Å²) in [5.74, 6) is -0.00286. The van der Waals surface area contributed by atoms with Crippen LogP contribution in [0.3, 0.4) is 0 Å². The zero-order valence-electron chi connectivity index (χ0n) is 9.91. The van der Waals surface area contributed by atoms with Gasteiger partial charge in [0.25, 0.3) is 5.69 Å². The van der Waals surface area contributed by atoms with E-state index in [1.54, 1.807) is 17.0 Å². The minimum atomic E-state index is -0.424. The Morgan fingerprint density at radius 1 is 1.39 bits per heavy atom. The minimum absolute atomic E-state index is 0.00286. The molecule has 1 aromatic carbocycles. The topological polar surface area (TPSA) is 89.5 Å². The van der Waals surface area contributed by atoms with Crippen molar-refractivity contribution in [2.45, 2.75) is 18.9 Å². The predicted octanol–water partition coefficient (Wildman–Crippen LogP) is 0.697. The molecule has 1 heterocycles. The Morgan fingerprint density at radius 3 is 2.56 bits per heavy atom. The van der Waals surface area contributed by atoms with E-state index in [-0.39, 0.29) is 17.6 Å². The van der Waals surface area contributed by atoms with Crippen LogP contribution in [0.4, 0.5) is 5.69 Å². The van der Waals surface area contributed by atoms with E-state index in [4.69, 9.17) is 5.73 Å². The number of benzene rings is 1. The van der Waals surface area contributed by atoms with Crippen LogP contribution < -0.4 is 5.73 Å². The summed E-state index contributed by atoms with van der Waals surface area (Å²) in [5.41, 5.74) is 6.69. The van der Waals surface area contributed by atoms with Crippen molar-refractivity contribution in [2.24, 2.45) is 5.73 Å². The smallest absolute Gasteiger partial charge is 0.269 e. The lowest BCUT2D eigenvalue weighted by atomic mass is 10.1. The van der Waals surface area contributed by atoms with Crippen LogP contribution >= 0.6 is 0 Å². The van der Waals surface area contributed by atoms with Crippen molar-refractivity contribution in [1.29, 1.82) is 0 Å². The zero-order chi connectivity index (χ0) is 13.1. The van der Waals surface area contributed by atoms with Crippen molar-refractivity contribution >= 4 is 11.6 Å². The number of hydrogen-bond acceptors (Lipinski definition) is 4. The van der Waals surface area contributed by atoms with Gasteiger partial charge >= 0.3 is 0 Å². The first-order chi connectivity index (χ1) is 8.58. The molecule has 2 N–H and O–H groups in total. The van der Waals surface area contributed by atoms with Crippen molar-refractivity contribution in [3.8, 4) is 0 Å². The number of nitrogens with two attached hydrogens (primary N) is 1. The molecule has 0 unspecified atom stereocenters. The number of amides is 1. The Bertz CT molecular complexity index is 458. The summed E-state index contributed by atoms with van der Waals surface area (Å²) >= 11 is 0. The number of hydrogen-bond donors (Lipinski definition) is 1. The van der Waals surface area contributed by atoms with Crippen LogP contribution in [0.1, 0.15) is 12.0 Å². The number of nitro benzene ring substituents is 1. The molecule has 6 nitrogen and oxygen atoms in total. The molecule has 1 saturated heterocycles. The summed E-state index contributed by atoms with van der Waals surface area (Å²) in [4.78, 5) is 23.4. The van der Waals surface area contributed by atoms with Crippen LogP contribution in [0.25, 0.3) is 0 Å². The molecule has 1 aliphatic heterocycles. The first-order valence-corrected chi connectivity index (χ1v) is 5.85. The van der Waals surface area contributed by atoms with Gasteiger partial charge in [-0.1, -0.05) is 12.1 Å². The molecular weight excluding hydrogens is 234 g/mol. The van der Waals surface area contributed by atoms with Crippen molar-refractivity contribution in [2.75, 3.05) is 13.1 Å². The van der Waals surface area contributed by atoms with Crippen LogP contribution in [0.5, 0.6) is 0 Å². The monoisotopic (exact) mass is 249 g/mol. The fraction of sp³-hybridized carbons (Fsp3) is 0.417. The first-order valence-electron chi connectivity index (χ1n) is 5.85. The standard InChI is InChI=1S/C12H15N3O3/c13-11-6-8-14(12(11)16)7-5-9-1-3-10(4-2-9)15(17)18/h1-4,11H,5-8,13H2/t11-/m0/s1. The Morgan fingerprint density at radius 2 is 2.06 bits per heavy atom. The molecule has 0 aliphatic carbocycles. The highest BCUT2D eigenvalue weighted by atomic mass is 16.6. The van der Waals surface area contributed by atoms with E-state index in [0.29, 0.717) is 25.9 Å². The summed E-state index contributed by atoms with van der Waals surface area (Å²) in [6, 6.07) is 6.04. The highest BCUT2D eigenvalue weighted by molar-refractivity contribution is 5.83. The van der Waals surface area contributed by atoms with E-state index < -0.39 is 4.92 Å². The van der Waals surface area contributed by atoms with E-state index in [0.717, 1.165) is 5.56 Å². The molecule has 1 aromatic rings.